The van der Waals surface area contributed by atoms with E-state index >= 15 is 0 Å². The molecule has 0 amide bonds. The molecule has 0 bridgehead atoms. The summed E-state index contributed by atoms with van der Waals surface area (Å²) in [5.41, 5.74) is 1.32. The predicted molar refractivity (Wildman–Crippen MR) is 84.4 cm³/mol. The van der Waals surface area contributed by atoms with Crippen LogP contribution in [0.15, 0.2) is 18.2 Å². The number of hydrogen-bond donors (Lipinski definition) is 1. The Kier molecular flexibility index (Phi) is 5.83. The molecule has 1 fully saturated rings. The number of nitrogens with one attached hydrogen (secondary N) is 1. The molecule has 0 aliphatic heterocycles. The first kappa shape index (κ1) is 15.4. The number of hydrogen-bond acceptors (Lipinski definition) is 1. The Bertz CT molecular complexity index is 414. The van der Waals surface area contributed by atoms with Crippen LogP contribution in [-0.4, -0.2) is 12.4 Å². The quantitative estimate of drug-likeness (QED) is 0.728. The van der Waals surface area contributed by atoms with Gasteiger partial charge in [-0.2, -0.15) is 0 Å². The lowest BCUT2D eigenvalue weighted by atomic mass is 9.75. The molecule has 4 heteroatoms. The lowest BCUT2D eigenvalue weighted by molar-refractivity contribution is 0.212. The van der Waals surface area contributed by atoms with Gasteiger partial charge in [-0.3, -0.25) is 0 Å². The van der Waals surface area contributed by atoms with Crippen molar-refractivity contribution in [2.75, 3.05) is 12.4 Å². The molecule has 0 heterocycles. The van der Waals surface area contributed by atoms with Crippen molar-refractivity contribution in [3.05, 3.63) is 33.8 Å². The topological polar surface area (TPSA) is 12.0 Å². The SMILES string of the molecule is ClCC1(CNCc2cc(Cl)ccc2Cl)CCCCC1. The van der Waals surface area contributed by atoms with Gasteiger partial charge in [0.25, 0.3) is 0 Å². The molecule has 106 valence electrons. The van der Waals surface area contributed by atoms with Crippen molar-refractivity contribution < 1.29 is 0 Å². The highest BCUT2D eigenvalue weighted by molar-refractivity contribution is 6.33. The van der Waals surface area contributed by atoms with Crippen molar-refractivity contribution in [1.29, 1.82) is 0 Å². The van der Waals surface area contributed by atoms with E-state index in [1.54, 1.807) is 0 Å². The lowest BCUT2D eigenvalue weighted by Crippen LogP contribution is -2.37. The minimum atomic E-state index is 0.269. The highest BCUT2D eigenvalue weighted by atomic mass is 35.5. The summed E-state index contributed by atoms with van der Waals surface area (Å²) in [6, 6.07) is 5.58. The molecular formula is C15H20Cl3N. The van der Waals surface area contributed by atoms with Gasteiger partial charge in [0, 0.05) is 29.0 Å². The molecule has 19 heavy (non-hydrogen) atoms. The molecule has 1 aromatic rings. The summed E-state index contributed by atoms with van der Waals surface area (Å²) in [6.07, 6.45) is 6.40. The van der Waals surface area contributed by atoms with Gasteiger partial charge in [-0.05, 0) is 42.0 Å². The molecule has 0 radical (unpaired) electrons. The highest BCUT2D eigenvalue weighted by Crippen LogP contribution is 2.36. The summed E-state index contributed by atoms with van der Waals surface area (Å²) in [7, 11) is 0. The number of rotatable bonds is 5. The largest absolute Gasteiger partial charge is 0.312 e. The number of alkyl halides is 1. The fraction of sp³-hybridized carbons (Fsp3) is 0.600. The van der Waals surface area contributed by atoms with E-state index < -0.39 is 0 Å². The van der Waals surface area contributed by atoms with E-state index in [-0.39, 0.29) is 5.41 Å². The van der Waals surface area contributed by atoms with Crippen LogP contribution < -0.4 is 5.32 Å². The molecule has 1 nitrogen and oxygen atoms in total. The van der Waals surface area contributed by atoms with E-state index in [0.717, 1.165) is 34.6 Å². The molecule has 1 aliphatic carbocycles. The fourth-order valence-electron chi connectivity index (χ4n) is 2.80. The number of benzene rings is 1. The van der Waals surface area contributed by atoms with Gasteiger partial charge in [-0.1, -0.05) is 42.5 Å². The van der Waals surface area contributed by atoms with Crippen molar-refractivity contribution in [3.63, 3.8) is 0 Å². The van der Waals surface area contributed by atoms with Crippen LogP contribution in [0.2, 0.25) is 10.0 Å². The first-order valence-corrected chi connectivity index (χ1v) is 8.15. The second kappa shape index (κ2) is 7.17. The Morgan fingerprint density at radius 3 is 2.53 bits per heavy atom. The number of halogens is 3. The zero-order valence-corrected chi connectivity index (χ0v) is 13.3. The van der Waals surface area contributed by atoms with Gasteiger partial charge in [-0.15, -0.1) is 11.6 Å². The van der Waals surface area contributed by atoms with Gasteiger partial charge in [0.15, 0.2) is 0 Å². The zero-order valence-electron chi connectivity index (χ0n) is 11.0. The molecule has 0 atom stereocenters. The molecule has 1 saturated carbocycles. The second-order valence-corrected chi connectivity index (χ2v) is 6.64. The summed E-state index contributed by atoms with van der Waals surface area (Å²) in [4.78, 5) is 0. The minimum Gasteiger partial charge on any atom is -0.312 e. The summed E-state index contributed by atoms with van der Waals surface area (Å²) in [5, 5.41) is 5.00. The van der Waals surface area contributed by atoms with Crippen molar-refractivity contribution >= 4 is 34.8 Å². The summed E-state index contributed by atoms with van der Waals surface area (Å²) >= 11 is 18.3. The molecule has 0 unspecified atom stereocenters. The van der Waals surface area contributed by atoms with Gasteiger partial charge in [0.05, 0.1) is 0 Å². The van der Waals surface area contributed by atoms with Crippen LogP contribution in [0.1, 0.15) is 37.7 Å². The summed E-state index contributed by atoms with van der Waals surface area (Å²) in [5.74, 6) is 0.739. The lowest BCUT2D eigenvalue weighted by Gasteiger charge is -2.35. The maximum atomic E-state index is 6.19. The maximum Gasteiger partial charge on any atom is 0.0451 e. The van der Waals surface area contributed by atoms with Crippen molar-refractivity contribution in [2.45, 2.75) is 38.6 Å². The Labute approximate surface area is 130 Å². The van der Waals surface area contributed by atoms with Gasteiger partial charge >= 0.3 is 0 Å². The maximum absolute atomic E-state index is 6.19. The smallest absolute Gasteiger partial charge is 0.0451 e. The Hall–Kier alpha value is 0.0500. The second-order valence-electron chi connectivity index (χ2n) is 5.53. The Balaban J connectivity index is 1.90. The van der Waals surface area contributed by atoms with E-state index in [1.165, 1.54) is 32.1 Å². The van der Waals surface area contributed by atoms with Crippen LogP contribution in [0.4, 0.5) is 0 Å². The third-order valence-electron chi connectivity index (χ3n) is 4.02. The van der Waals surface area contributed by atoms with Crippen molar-refractivity contribution in [1.82, 2.24) is 5.32 Å². The molecule has 0 spiro atoms. The third-order valence-corrected chi connectivity index (χ3v) is 5.19. The normalized spacial score (nSPS) is 18.5. The van der Waals surface area contributed by atoms with Gasteiger partial charge in [0.1, 0.15) is 0 Å². The molecule has 1 N–H and O–H groups in total. The Morgan fingerprint density at radius 1 is 1.11 bits per heavy atom. The first-order valence-electron chi connectivity index (χ1n) is 6.86. The molecule has 1 aromatic carbocycles. The monoisotopic (exact) mass is 319 g/mol. The first-order chi connectivity index (χ1) is 9.15. The van der Waals surface area contributed by atoms with Crippen LogP contribution >= 0.6 is 34.8 Å². The molecule has 2 rings (SSSR count). The van der Waals surface area contributed by atoms with Crippen LogP contribution in [-0.2, 0) is 6.54 Å². The average molecular weight is 321 g/mol. The van der Waals surface area contributed by atoms with E-state index in [4.69, 9.17) is 34.8 Å². The van der Waals surface area contributed by atoms with Crippen LogP contribution in [0.3, 0.4) is 0 Å². The molecular weight excluding hydrogens is 301 g/mol. The standard InChI is InChI=1S/C15H20Cl3N/c16-10-15(6-2-1-3-7-15)11-19-9-12-8-13(17)4-5-14(12)18/h4-5,8,19H,1-3,6-7,9-11H2. The van der Waals surface area contributed by atoms with E-state index in [0.29, 0.717) is 0 Å². The Morgan fingerprint density at radius 2 is 1.84 bits per heavy atom. The average Bonchev–Trinajstić information content (AvgIpc) is 2.44. The third kappa shape index (κ3) is 4.26. The van der Waals surface area contributed by atoms with Crippen LogP contribution in [0.5, 0.6) is 0 Å². The van der Waals surface area contributed by atoms with Crippen molar-refractivity contribution in [2.24, 2.45) is 5.41 Å². The van der Waals surface area contributed by atoms with E-state index in [1.807, 2.05) is 18.2 Å². The van der Waals surface area contributed by atoms with Crippen LogP contribution in [0, 0.1) is 5.41 Å². The minimum absolute atomic E-state index is 0.269. The van der Waals surface area contributed by atoms with E-state index in [9.17, 15) is 0 Å². The molecule has 0 saturated heterocycles. The fourth-order valence-corrected chi connectivity index (χ4v) is 3.54. The molecule has 0 aromatic heterocycles. The summed E-state index contributed by atoms with van der Waals surface area (Å²) < 4.78 is 0. The van der Waals surface area contributed by atoms with Gasteiger partial charge in [0.2, 0.25) is 0 Å². The van der Waals surface area contributed by atoms with Crippen LogP contribution in [0.25, 0.3) is 0 Å². The molecule has 1 aliphatic rings. The van der Waals surface area contributed by atoms with E-state index in [2.05, 4.69) is 5.32 Å². The highest BCUT2D eigenvalue weighted by Gasteiger charge is 2.30. The van der Waals surface area contributed by atoms with Crippen molar-refractivity contribution in [3.8, 4) is 0 Å². The zero-order chi connectivity index (χ0) is 13.7. The predicted octanol–water partition coefficient (Wildman–Crippen LogP) is 5.27. The van der Waals surface area contributed by atoms with Gasteiger partial charge in [-0.25, -0.2) is 0 Å². The van der Waals surface area contributed by atoms with Gasteiger partial charge < -0.3 is 5.32 Å². The summed E-state index contributed by atoms with van der Waals surface area (Å²) in [6.45, 7) is 1.71.